The molecule has 0 aromatic rings. The number of hydrogen-bond acceptors (Lipinski definition) is 4. The highest BCUT2D eigenvalue weighted by Crippen LogP contribution is 2.49. The molecule has 0 atom stereocenters. The fraction of sp³-hybridized carbons (Fsp3) is 1.00. The third-order valence-electron chi connectivity index (χ3n) is 1.10. The molecular weight excluding hydrogens is 231 g/mol. The zero-order valence-electron chi connectivity index (χ0n) is 7.77. The highest BCUT2D eigenvalue weighted by atomic mass is 32.7. The summed E-state index contributed by atoms with van der Waals surface area (Å²) in [6.07, 6.45) is 0.889. The summed E-state index contributed by atoms with van der Waals surface area (Å²) in [5.41, 5.74) is 5.24. The van der Waals surface area contributed by atoms with Gasteiger partial charge in [0.15, 0.2) is 0 Å². The standard InChI is InChI=1S/C5H15N2O3PS.2H2O/c6-2-1-3-7-4-5-12-11(8,9)10;;/h7H,1-6H2,(H2,8,9,10);2*1H2. The molecular formula is C5H19N2O5PS. The molecule has 14 heavy (non-hydrogen) atoms. The summed E-state index contributed by atoms with van der Waals surface area (Å²) in [5.74, 6) is 0.425. The summed E-state index contributed by atoms with van der Waals surface area (Å²) in [7, 11) is 0. The monoisotopic (exact) mass is 250 g/mol. The molecule has 0 aliphatic heterocycles. The van der Waals surface area contributed by atoms with Crippen molar-refractivity contribution in [3.8, 4) is 0 Å². The van der Waals surface area contributed by atoms with Gasteiger partial charge in [0.1, 0.15) is 0 Å². The lowest BCUT2D eigenvalue weighted by atomic mass is 10.4. The summed E-state index contributed by atoms with van der Waals surface area (Å²) in [6.45, 7) is -1.82. The molecule has 0 amide bonds. The van der Waals surface area contributed by atoms with Crippen molar-refractivity contribution in [1.29, 1.82) is 0 Å². The second-order valence-electron chi connectivity index (χ2n) is 2.22. The molecule has 0 aliphatic carbocycles. The van der Waals surface area contributed by atoms with Gasteiger partial charge < -0.3 is 31.8 Å². The number of rotatable bonds is 7. The smallest absolute Gasteiger partial charge is 0.384 e. The topological polar surface area (TPSA) is 159 Å². The largest absolute Gasteiger partial charge is 0.412 e. The van der Waals surface area contributed by atoms with Gasteiger partial charge in [0.25, 0.3) is 0 Å². The average Bonchev–Trinajstić information content (AvgIpc) is 1.94. The molecule has 0 radical (unpaired) electrons. The Labute approximate surface area is 87.0 Å². The van der Waals surface area contributed by atoms with Crippen LogP contribution in [0.25, 0.3) is 0 Å². The highest BCUT2D eigenvalue weighted by molar-refractivity contribution is 8.54. The third-order valence-corrected chi connectivity index (χ3v) is 3.38. The number of hydrogen-bond donors (Lipinski definition) is 4. The maximum absolute atomic E-state index is 10.3. The van der Waals surface area contributed by atoms with Crippen molar-refractivity contribution in [3.63, 3.8) is 0 Å². The van der Waals surface area contributed by atoms with Crippen LogP contribution in [0.3, 0.4) is 0 Å². The summed E-state index contributed by atoms with van der Waals surface area (Å²) < 4.78 is 10.3. The molecule has 0 aromatic carbocycles. The molecule has 0 bridgehead atoms. The van der Waals surface area contributed by atoms with E-state index in [1.54, 1.807) is 0 Å². The van der Waals surface area contributed by atoms with Gasteiger partial charge in [0.05, 0.1) is 0 Å². The first-order valence-corrected chi connectivity index (χ1v) is 6.87. The van der Waals surface area contributed by atoms with Gasteiger partial charge in [-0.1, -0.05) is 0 Å². The summed E-state index contributed by atoms with van der Waals surface area (Å²) in [5, 5.41) is 3.01. The molecule has 7 nitrogen and oxygen atoms in total. The second kappa shape index (κ2) is 11.4. The lowest BCUT2D eigenvalue weighted by Gasteiger charge is -2.04. The van der Waals surface area contributed by atoms with Gasteiger partial charge in [-0.15, -0.1) is 0 Å². The Morgan fingerprint density at radius 2 is 1.86 bits per heavy atom. The maximum Gasteiger partial charge on any atom is 0.384 e. The van der Waals surface area contributed by atoms with Crippen molar-refractivity contribution < 1.29 is 25.3 Å². The third kappa shape index (κ3) is 18.2. The quantitative estimate of drug-likeness (QED) is 0.305. The normalized spacial score (nSPS) is 10.2. The second-order valence-corrected chi connectivity index (χ2v) is 6.07. The van der Waals surface area contributed by atoms with E-state index in [9.17, 15) is 4.57 Å². The molecule has 0 saturated heterocycles. The molecule has 90 valence electrons. The van der Waals surface area contributed by atoms with Crippen LogP contribution in [-0.2, 0) is 4.57 Å². The van der Waals surface area contributed by atoms with Crippen LogP contribution in [0.4, 0.5) is 0 Å². The van der Waals surface area contributed by atoms with E-state index in [0.717, 1.165) is 13.0 Å². The molecule has 0 saturated carbocycles. The van der Waals surface area contributed by atoms with Crippen LogP contribution in [0.15, 0.2) is 0 Å². The average molecular weight is 250 g/mol. The van der Waals surface area contributed by atoms with Crippen molar-refractivity contribution in [3.05, 3.63) is 0 Å². The van der Waals surface area contributed by atoms with Crippen LogP contribution in [0.1, 0.15) is 6.42 Å². The lowest BCUT2D eigenvalue weighted by Crippen LogP contribution is -2.20. The van der Waals surface area contributed by atoms with Crippen LogP contribution in [-0.4, -0.2) is 46.1 Å². The SMILES string of the molecule is NCCCNCCSP(=O)(O)O.O.O. The van der Waals surface area contributed by atoms with Crippen LogP contribution in [0, 0.1) is 0 Å². The number of nitrogens with one attached hydrogen (secondary N) is 1. The Kier molecular flexibility index (Phi) is 16.2. The first-order chi connectivity index (χ1) is 5.56. The van der Waals surface area contributed by atoms with E-state index in [-0.39, 0.29) is 11.0 Å². The minimum atomic E-state index is -3.87. The predicted octanol–water partition coefficient (Wildman–Crippen LogP) is -1.90. The van der Waals surface area contributed by atoms with Gasteiger partial charge >= 0.3 is 6.80 Å². The first-order valence-electron chi connectivity index (χ1n) is 3.67. The Morgan fingerprint density at radius 3 is 2.29 bits per heavy atom. The Balaban J connectivity index is -0.000000605. The van der Waals surface area contributed by atoms with Crippen molar-refractivity contribution in [2.45, 2.75) is 6.42 Å². The van der Waals surface area contributed by atoms with Crippen molar-refractivity contribution in [2.24, 2.45) is 5.73 Å². The zero-order valence-corrected chi connectivity index (χ0v) is 9.48. The molecule has 0 rings (SSSR count). The summed E-state index contributed by atoms with van der Waals surface area (Å²) in [4.78, 5) is 16.9. The zero-order chi connectivity index (χ0) is 9.45. The number of nitrogens with two attached hydrogens (primary N) is 1. The summed E-state index contributed by atoms with van der Waals surface area (Å²) >= 11 is 0.665. The minimum Gasteiger partial charge on any atom is -0.412 e. The van der Waals surface area contributed by atoms with Gasteiger partial charge in [-0.25, -0.2) is 4.57 Å². The molecule has 0 spiro atoms. The van der Waals surface area contributed by atoms with E-state index < -0.39 is 6.80 Å². The molecule has 9 N–H and O–H groups in total. The molecule has 0 aromatic heterocycles. The Morgan fingerprint density at radius 1 is 1.29 bits per heavy atom. The van der Waals surface area contributed by atoms with Gasteiger partial charge in [0.2, 0.25) is 0 Å². The maximum atomic E-state index is 10.3. The Hall–Kier alpha value is 0.340. The van der Waals surface area contributed by atoms with Crippen LogP contribution >= 0.6 is 18.2 Å². The molecule has 0 aliphatic rings. The van der Waals surface area contributed by atoms with E-state index in [1.165, 1.54) is 0 Å². The van der Waals surface area contributed by atoms with Gasteiger partial charge in [-0.3, -0.25) is 0 Å². The van der Waals surface area contributed by atoms with E-state index in [1.807, 2.05) is 0 Å². The molecule has 9 heteroatoms. The fourth-order valence-electron chi connectivity index (χ4n) is 0.589. The van der Waals surface area contributed by atoms with E-state index >= 15 is 0 Å². The van der Waals surface area contributed by atoms with E-state index in [2.05, 4.69) is 5.32 Å². The molecule has 0 fully saturated rings. The fourth-order valence-corrected chi connectivity index (χ4v) is 2.05. The van der Waals surface area contributed by atoms with Gasteiger partial charge in [-0.2, -0.15) is 0 Å². The van der Waals surface area contributed by atoms with Crippen LogP contribution in [0.2, 0.25) is 0 Å². The van der Waals surface area contributed by atoms with Crippen molar-refractivity contribution >= 4 is 18.2 Å². The van der Waals surface area contributed by atoms with Crippen molar-refractivity contribution in [1.82, 2.24) is 5.32 Å². The van der Waals surface area contributed by atoms with Crippen molar-refractivity contribution in [2.75, 3.05) is 25.4 Å². The van der Waals surface area contributed by atoms with Gasteiger partial charge in [0, 0.05) is 12.3 Å². The Bertz CT molecular complexity index is 155. The van der Waals surface area contributed by atoms with Crippen LogP contribution < -0.4 is 11.1 Å². The van der Waals surface area contributed by atoms with E-state index in [0.29, 0.717) is 30.2 Å². The minimum absolute atomic E-state index is 0. The lowest BCUT2D eigenvalue weighted by molar-refractivity contribution is 0.397. The van der Waals surface area contributed by atoms with E-state index in [4.69, 9.17) is 15.5 Å². The highest BCUT2D eigenvalue weighted by Gasteiger charge is 2.11. The molecule has 0 unspecified atom stereocenters. The summed E-state index contributed by atoms with van der Waals surface area (Å²) in [6, 6.07) is 0. The predicted molar refractivity (Wildman–Crippen MR) is 58.3 cm³/mol. The first kappa shape index (κ1) is 19.8. The van der Waals surface area contributed by atoms with Crippen LogP contribution in [0.5, 0.6) is 0 Å². The molecule has 0 heterocycles. The van der Waals surface area contributed by atoms with Gasteiger partial charge in [-0.05, 0) is 30.9 Å².